The Bertz CT molecular complexity index is 3770. The van der Waals surface area contributed by atoms with Gasteiger partial charge < -0.3 is 14.4 Å². The second-order valence-electron chi connectivity index (χ2n) is 18.1. The van der Waals surface area contributed by atoms with Crippen LogP contribution in [-0.4, -0.2) is 4.57 Å². The molecule has 0 radical (unpaired) electrons. The van der Waals surface area contributed by atoms with Gasteiger partial charge in [-0.2, -0.15) is 0 Å². The maximum Gasteiger partial charge on any atom is 0.0742 e. The summed E-state index contributed by atoms with van der Waals surface area (Å²) in [5.74, 6) is 0. The van der Waals surface area contributed by atoms with Crippen molar-refractivity contribution in [2.75, 3.05) is 9.80 Å². The van der Waals surface area contributed by atoms with E-state index in [-0.39, 0.29) is 0 Å². The number of para-hydroxylation sites is 6. The van der Waals surface area contributed by atoms with Crippen molar-refractivity contribution >= 4 is 55.9 Å². The molecule has 0 unspecified atom stereocenters. The first-order chi connectivity index (χ1) is 34.8. The molecule has 1 aliphatic heterocycles. The fourth-order valence-electron chi connectivity index (χ4n) is 11.2. The molecule has 0 spiro atoms. The molecule has 11 aromatic carbocycles. The van der Waals surface area contributed by atoms with Crippen LogP contribution < -0.4 is 9.80 Å². The lowest BCUT2D eigenvalue weighted by Crippen LogP contribution is -2.37. The first-order valence-electron chi connectivity index (χ1n) is 24.1. The summed E-state index contributed by atoms with van der Waals surface area (Å²) < 4.78 is 2.37. The van der Waals surface area contributed by atoms with Crippen molar-refractivity contribution in [3.8, 4) is 27.9 Å². The minimum Gasteiger partial charge on any atom is -0.310 e. The monoisotopic (exact) mass is 893 g/mol. The van der Waals surface area contributed by atoms with Crippen molar-refractivity contribution < 1.29 is 0 Å². The fourth-order valence-corrected chi connectivity index (χ4v) is 11.2. The highest BCUT2D eigenvalue weighted by Gasteiger charge is 2.46. The molecule has 2 heterocycles. The molecule has 1 aliphatic rings. The van der Waals surface area contributed by atoms with Crippen LogP contribution >= 0.6 is 0 Å². The molecule has 0 amide bonds. The highest BCUT2D eigenvalue weighted by molar-refractivity contribution is 6.10. The van der Waals surface area contributed by atoms with Crippen LogP contribution in [0.1, 0.15) is 22.3 Å². The summed E-state index contributed by atoms with van der Waals surface area (Å²) >= 11 is 0. The van der Waals surface area contributed by atoms with Crippen molar-refractivity contribution in [1.29, 1.82) is 0 Å². The molecule has 3 heteroatoms. The number of anilines is 6. The predicted octanol–water partition coefficient (Wildman–Crippen LogP) is 17.8. The minimum absolute atomic E-state index is 0.584. The van der Waals surface area contributed by atoms with Crippen LogP contribution in [0.4, 0.5) is 34.1 Å². The SMILES string of the molecule is c1ccc(N(c2ccc(-c3ccc4c(c3)c3ccccc3n4-c3ccccc3)cc2)c2ccccc2-c2ccc3c(c2)N(c2ccccc2)c2ccccc2C3(c2ccccc2)c2ccccc2)cc1. The second-order valence-corrected chi connectivity index (χ2v) is 18.1. The van der Waals surface area contributed by atoms with Gasteiger partial charge in [-0.25, -0.2) is 0 Å². The minimum atomic E-state index is -0.584. The lowest BCUT2D eigenvalue weighted by atomic mass is 9.62. The van der Waals surface area contributed by atoms with Crippen molar-refractivity contribution in [1.82, 2.24) is 4.57 Å². The Morgan fingerprint density at radius 3 is 1.54 bits per heavy atom. The molecule has 0 saturated carbocycles. The number of benzene rings is 11. The van der Waals surface area contributed by atoms with Crippen LogP contribution in [-0.2, 0) is 5.41 Å². The maximum absolute atomic E-state index is 2.46. The van der Waals surface area contributed by atoms with Gasteiger partial charge in [-0.3, -0.25) is 0 Å². The summed E-state index contributed by atoms with van der Waals surface area (Å²) in [5.41, 5.74) is 19.2. The molecule has 0 fully saturated rings. The van der Waals surface area contributed by atoms with Gasteiger partial charge >= 0.3 is 0 Å². The van der Waals surface area contributed by atoms with Crippen molar-refractivity contribution in [3.63, 3.8) is 0 Å². The molecule has 0 saturated heterocycles. The van der Waals surface area contributed by atoms with Gasteiger partial charge in [0.1, 0.15) is 0 Å². The molecule has 0 aliphatic carbocycles. The van der Waals surface area contributed by atoms with E-state index in [9.17, 15) is 0 Å². The molecule has 0 bridgehead atoms. The Balaban J connectivity index is 0.964. The van der Waals surface area contributed by atoms with Gasteiger partial charge in [-0.15, -0.1) is 0 Å². The first kappa shape index (κ1) is 41.0. The number of fused-ring (bicyclic) bond motifs is 5. The first-order valence-corrected chi connectivity index (χ1v) is 24.1. The van der Waals surface area contributed by atoms with Gasteiger partial charge in [0.25, 0.3) is 0 Å². The number of aromatic nitrogens is 1. The Labute approximate surface area is 409 Å². The molecule has 13 rings (SSSR count). The van der Waals surface area contributed by atoms with Crippen LogP contribution in [0.3, 0.4) is 0 Å². The number of hydrogen-bond acceptors (Lipinski definition) is 2. The summed E-state index contributed by atoms with van der Waals surface area (Å²) in [7, 11) is 0. The third-order valence-corrected chi connectivity index (χ3v) is 14.2. The van der Waals surface area contributed by atoms with E-state index in [2.05, 4.69) is 299 Å². The highest BCUT2D eigenvalue weighted by Crippen LogP contribution is 2.58. The molecular weight excluding hydrogens is 847 g/mol. The van der Waals surface area contributed by atoms with E-state index >= 15 is 0 Å². The Kier molecular flexibility index (Phi) is 10.1. The topological polar surface area (TPSA) is 11.4 Å². The average Bonchev–Trinajstić information content (AvgIpc) is 3.77. The summed E-state index contributed by atoms with van der Waals surface area (Å²) in [6.07, 6.45) is 0. The Morgan fingerprint density at radius 1 is 0.314 bits per heavy atom. The third-order valence-electron chi connectivity index (χ3n) is 14.2. The summed E-state index contributed by atoms with van der Waals surface area (Å²) in [4.78, 5) is 4.86. The van der Waals surface area contributed by atoms with E-state index in [1.807, 2.05) is 0 Å². The molecule has 0 N–H and O–H groups in total. The number of nitrogens with zero attached hydrogens (tertiary/aromatic N) is 3. The zero-order chi connectivity index (χ0) is 46.4. The normalized spacial score (nSPS) is 12.7. The Morgan fingerprint density at radius 2 is 0.829 bits per heavy atom. The van der Waals surface area contributed by atoms with E-state index in [0.717, 1.165) is 50.9 Å². The van der Waals surface area contributed by atoms with E-state index in [0.29, 0.717) is 0 Å². The molecule has 1 aromatic heterocycles. The van der Waals surface area contributed by atoms with Gasteiger partial charge in [0.05, 0.1) is 33.5 Å². The van der Waals surface area contributed by atoms with Gasteiger partial charge in [0, 0.05) is 39.1 Å². The number of rotatable bonds is 9. The highest BCUT2D eigenvalue weighted by atomic mass is 15.2. The van der Waals surface area contributed by atoms with E-state index in [4.69, 9.17) is 0 Å². The van der Waals surface area contributed by atoms with Crippen LogP contribution in [0, 0.1) is 0 Å². The van der Waals surface area contributed by atoms with Gasteiger partial charge in [0.2, 0.25) is 0 Å². The molecule has 3 nitrogen and oxygen atoms in total. The standard InChI is InChI=1S/C67H47N3/c1-6-22-51(23-7-1)67(52-24-8-2-9-25-52)60-34-18-21-37-65(60)70(55-30-14-5-15-31-55)66-47-50(40-44-61(66)67)57-32-16-19-35-62(57)68(53-26-10-3-11-27-53)56-42-38-48(39-43-56)49-41-45-64-59(46-49)58-33-17-20-36-63(58)69(64)54-28-12-4-13-29-54/h1-47H. The van der Waals surface area contributed by atoms with Gasteiger partial charge in [-0.05, 0) is 124 Å². The second kappa shape index (κ2) is 17.2. The molecule has 0 atom stereocenters. The van der Waals surface area contributed by atoms with E-state index in [1.165, 1.54) is 55.2 Å². The van der Waals surface area contributed by atoms with Crippen LogP contribution in [0.2, 0.25) is 0 Å². The van der Waals surface area contributed by atoms with E-state index < -0.39 is 5.41 Å². The lowest BCUT2D eigenvalue weighted by Gasteiger charge is -2.46. The molecule has 330 valence electrons. The maximum atomic E-state index is 2.46. The van der Waals surface area contributed by atoms with Crippen LogP contribution in [0.25, 0.3) is 49.7 Å². The zero-order valence-corrected chi connectivity index (χ0v) is 38.5. The molecule has 12 aromatic rings. The summed E-state index contributed by atoms with van der Waals surface area (Å²) in [6.45, 7) is 0. The number of hydrogen-bond donors (Lipinski definition) is 0. The summed E-state index contributed by atoms with van der Waals surface area (Å²) in [6, 6.07) is 104. The zero-order valence-electron chi connectivity index (χ0n) is 38.5. The Hall–Kier alpha value is -9.18. The van der Waals surface area contributed by atoms with Crippen molar-refractivity contribution in [2.45, 2.75) is 5.41 Å². The van der Waals surface area contributed by atoms with Crippen LogP contribution in [0.5, 0.6) is 0 Å². The molecule has 70 heavy (non-hydrogen) atoms. The van der Waals surface area contributed by atoms with E-state index in [1.54, 1.807) is 0 Å². The quantitative estimate of drug-likeness (QED) is 0.143. The smallest absolute Gasteiger partial charge is 0.0742 e. The average molecular weight is 894 g/mol. The summed E-state index contributed by atoms with van der Waals surface area (Å²) in [5, 5.41) is 2.49. The third kappa shape index (κ3) is 6.66. The van der Waals surface area contributed by atoms with Crippen molar-refractivity contribution in [3.05, 3.63) is 307 Å². The predicted molar refractivity (Wildman–Crippen MR) is 293 cm³/mol. The van der Waals surface area contributed by atoms with Crippen molar-refractivity contribution in [2.24, 2.45) is 0 Å². The fraction of sp³-hybridized carbons (Fsp3) is 0.0149. The largest absolute Gasteiger partial charge is 0.310 e. The van der Waals surface area contributed by atoms with Crippen LogP contribution in [0.15, 0.2) is 285 Å². The van der Waals surface area contributed by atoms with Gasteiger partial charge in [0.15, 0.2) is 0 Å². The lowest BCUT2D eigenvalue weighted by molar-refractivity contribution is 0.731. The van der Waals surface area contributed by atoms with Gasteiger partial charge in [-0.1, -0.05) is 200 Å². The molecular formula is C67H47N3.